The predicted molar refractivity (Wildman–Crippen MR) is 73.1 cm³/mol. The molecule has 0 radical (unpaired) electrons. The van der Waals surface area contributed by atoms with Crippen LogP contribution in [0, 0.1) is 12.8 Å². The molecule has 0 bridgehead atoms. The van der Waals surface area contributed by atoms with E-state index in [9.17, 15) is 8.42 Å². The highest BCUT2D eigenvalue weighted by Gasteiger charge is 2.36. The molecule has 0 aromatic heterocycles. The van der Waals surface area contributed by atoms with Gasteiger partial charge in [-0.1, -0.05) is 19.1 Å². The number of rotatable bonds is 2. The minimum atomic E-state index is -3.29. The van der Waals surface area contributed by atoms with Crippen molar-refractivity contribution < 1.29 is 8.42 Å². The Kier molecular flexibility index (Phi) is 3.78. The molecule has 3 unspecified atom stereocenters. The second-order valence-electron chi connectivity index (χ2n) is 5.48. The lowest BCUT2D eigenvalue weighted by atomic mass is 9.87. The summed E-state index contributed by atoms with van der Waals surface area (Å²) in [6.45, 7) is 4.01. The second kappa shape index (κ2) is 5.02. The van der Waals surface area contributed by atoms with Crippen molar-refractivity contribution >= 4 is 9.84 Å². The largest absolute Gasteiger partial charge is 0.327 e. The van der Waals surface area contributed by atoms with E-state index in [-0.39, 0.29) is 6.04 Å². The van der Waals surface area contributed by atoms with Crippen molar-refractivity contribution in [1.82, 2.24) is 0 Å². The molecule has 2 N–H and O–H groups in total. The molecule has 3 nitrogen and oxygen atoms in total. The first-order valence-electron chi connectivity index (χ1n) is 6.47. The topological polar surface area (TPSA) is 60.2 Å². The van der Waals surface area contributed by atoms with E-state index in [1.807, 2.05) is 13.0 Å². The molecule has 0 saturated heterocycles. The summed E-state index contributed by atoms with van der Waals surface area (Å²) in [6.07, 6.45) is 2.51. The Labute approximate surface area is 109 Å². The summed E-state index contributed by atoms with van der Waals surface area (Å²) in [7, 11) is -3.29. The molecular formula is C14H21NO2S. The fourth-order valence-corrected chi connectivity index (χ4v) is 4.82. The van der Waals surface area contributed by atoms with Gasteiger partial charge in [0.2, 0.25) is 0 Å². The monoisotopic (exact) mass is 267 g/mol. The normalized spacial score (nSPS) is 29.2. The molecule has 0 aliphatic heterocycles. The number of sulfone groups is 1. The van der Waals surface area contributed by atoms with Crippen LogP contribution in [0.3, 0.4) is 0 Å². The summed E-state index contributed by atoms with van der Waals surface area (Å²) in [5.41, 5.74) is 6.99. The molecule has 4 heteroatoms. The lowest BCUT2D eigenvalue weighted by molar-refractivity contribution is 0.346. The summed E-state index contributed by atoms with van der Waals surface area (Å²) in [5.74, 6) is 0.439. The van der Waals surface area contributed by atoms with Crippen LogP contribution in [0.25, 0.3) is 0 Å². The Morgan fingerprint density at radius 3 is 2.67 bits per heavy atom. The molecule has 0 heterocycles. The van der Waals surface area contributed by atoms with Crippen molar-refractivity contribution in [2.75, 3.05) is 0 Å². The van der Waals surface area contributed by atoms with Gasteiger partial charge in [-0.15, -0.1) is 0 Å². The average Bonchev–Trinajstić information content (AvgIpc) is 2.32. The van der Waals surface area contributed by atoms with Gasteiger partial charge in [-0.25, -0.2) is 8.42 Å². The van der Waals surface area contributed by atoms with Crippen molar-refractivity contribution in [2.24, 2.45) is 11.7 Å². The standard InChI is InChI=1S/C14H21NO2S/c1-10-4-3-5-12(8-10)18(16,17)14-9-11(2)6-7-13(14)15/h3-5,8,11,13-14H,6-7,9,15H2,1-2H3. The molecular weight excluding hydrogens is 246 g/mol. The lowest BCUT2D eigenvalue weighted by Crippen LogP contribution is -2.44. The van der Waals surface area contributed by atoms with Crippen molar-refractivity contribution in [3.63, 3.8) is 0 Å². The molecule has 2 rings (SSSR count). The second-order valence-corrected chi connectivity index (χ2v) is 7.65. The Morgan fingerprint density at radius 1 is 1.28 bits per heavy atom. The third kappa shape index (κ3) is 2.59. The molecule has 1 aromatic carbocycles. The smallest absolute Gasteiger partial charge is 0.182 e. The first-order valence-corrected chi connectivity index (χ1v) is 8.02. The van der Waals surface area contributed by atoms with E-state index < -0.39 is 15.1 Å². The van der Waals surface area contributed by atoms with Crippen LogP contribution in [-0.2, 0) is 9.84 Å². The number of hydrogen-bond donors (Lipinski definition) is 1. The van der Waals surface area contributed by atoms with E-state index in [1.54, 1.807) is 18.2 Å². The van der Waals surface area contributed by atoms with Crippen LogP contribution in [-0.4, -0.2) is 19.7 Å². The number of aryl methyl sites for hydroxylation is 1. The summed E-state index contributed by atoms with van der Waals surface area (Å²) in [6, 6.07) is 6.88. The quantitative estimate of drug-likeness (QED) is 0.894. The van der Waals surface area contributed by atoms with Crippen LogP contribution in [0.5, 0.6) is 0 Å². The predicted octanol–water partition coefficient (Wildman–Crippen LogP) is 2.28. The van der Waals surface area contributed by atoms with E-state index in [4.69, 9.17) is 5.73 Å². The molecule has 1 aliphatic carbocycles. The molecule has 1 fully saturated rings. The van der Waals surface area contributed by atoms with Crippen LogP contribution < -0.4 is 5.73 Å². The lowest BCUT2D eigenvalue weighted by Gasteiger charge is -2.32. The average molecular weight is 267 g/mol. The maximum Gasteiger partial charge on any atom is 0.182 e. The molecule has 100 valence electrons. The van der Waals surface area contributed by atoms with E-state index in [2.05, 4.69) is 6.92 Å². The third-order valence-corrected chi connectivity index (χ3v) is 6.07. The fraction of sp³-hybridized carbons (Fsp3) is 0.571. The highest BCUT2D eigenvalue weighted by molar-refractivity contribution is 7.92. The van der Waals surface area contributed by atoms with Crippen molar-refractivity contribution in [3.8, 4) is 0 Å². The molecule has 1 aliphatic rings. The van der Waals surface area contributed by atoms with Gasteiger partial charge in [-0.3, -0.25) is 0 Å². The Balaban J connectivity index is 2.35. The third-order valence-electron chi connectivity index (χ3n) is 3.82. The van der Waals surface area contributed by atoms with E-state index in [1.165, 1.54) is 0 Å². The minimum Gasteiger partial charge on any atom is -0.327 e. The van der Waals surface area contributed by atoms with Crippen molar-refractivity contribution in [1.29, 1.82) is 0 Å². The van der Waals surface area contributed by atoms with Gasteiger partial charge in [-0.05, 0) is 49.8 Å². The van der Waals surface area contributed by atoms with Crippen LogP contribution in [0.1, 0.15) is 31.7 Å². The van der Waals surface area contributed by atoms with Gasteiger partial charge in [0.15, 0.2) is 9.84 Å². The summed E-state index contributed by atoms with van der Waals surface area (Å²) < 4.78 is 25.2. The van der Waals surface area contributed by atoms with Crippen molar-refractivity contribution in [2.45, 2.75) is 49.3 Å². The molecule has 0 amide bonds. The van der Waals surface area contributed by atoms with Gasteiger partial charge >= 0.3 is 0 Å². The molecule has 18 heavy (non-hydrogen) atoms. The summed E-state index contributed by atoms with van der Waals surface area (Å²) in [4.78, 5) is 0.414. The van der Waals surface area contributed by atoms with E-state index >= 15 is 0 Å². The van der Waals surface area contributed by atoms with Gasteiger partial charge < -0.3 is 5.73 Å². The van der Waals surface area contributed by atoms with Gasteiger partial charge in [-0.2, -0.15) is 0 Å². The maximum absolute atomic E-state index is 12.6. The Bertz CT molecular complexity index is 524. The first-order chi connectivity index (χ1) is 8.41. The molecule has 0 spiro atoms. The maximum atomic E-state index is 12.6. The SMILES string of the molecule is Cc1cccc(S(=O)(=O)C2CC(C)CCC2N)c1. The molecule has 3 atom stereocenters. The minimum absolute atomic E-state index is 0.230. The molecule has 1 aromatic rings. The highest BCUT2D eigenvalue weighted by Crippen LogP contribution is 2.31. The van der Waals surface area contributed by atoms with Crippen molar-refractivity contribution in [3.05, 3.63) is 29.8 Å². The van der Waals surface area contributed by atoms with Crippen LogP contribution in [0.4, 0.5) is 0 Å². The summed E-state index contributed by atoms with van der Waals surface area (Å²) >= 11 is 0. The first kappa shape index (κ1) is 13.6. The number of benzene rings is 1. The summed E-state index contributed by atoms with van der Waals surface area (Å²) in [5, 5.41) is -0.428. The highest BCUT2D eigenvalue weighted by atomic mass is 32.2. The van der Waals surface area contributed by atoms with Gasteiger partial charge in [0.1, 0.15) is 0 Å². The van der Waals surface area contributed by atoms with Gasteiger partial charge in [0.05, 0.1) is 10.1 Å². The zero-order chi connectivity index (χ0) is 13.3. The van der Waals surface area contributed by atoms with Gasteiger partial charge in [0.25, 0.3) is 0 Å². The number of hydrogen-bond acceptors (Lipinski definition) is 3. The van der Waals surface area contributed by atoms with Crippen LogP contribution >= 0.6 is 0 Å². The van der Waals surface area contributed by atoms with E-state index in [0.717, 1.165) is 18.4 Å². The Hall–Kier alpha value is -0.870. The Morgan fingerprint density at radius 2 is 2.00 bits per heavy atom. The molecule has 1 saturated carbocycles. The van der Waals surface area contributed by atoms with E-state index in [0.29, 0.717) is 17.2 Å². The van der Waals surface area contributed by atoms with Crippen LogP contribution in [0.15, 0.2) is 29.2 Å². The zero-order valence-electron chi connectivity index (χ0n) is 11.0. The fourth-order valence-electron chi connectivity index (χ4n) is 2.68. The van der Waals surface area contributed by atoms with Crippen LogP contribution in [0.2, 0.25) is 0 Å². The van der Waals surface area contributed by atoms with Gasteiger partial charge in [0, 0.05) is 6.04 Å². The number of nitrogens with two attached hydrogens (primary N) is 1. The zero-order valence-corrected chi connectivity index (χ0v) is 11.8.